The number of nitrogens with zero attached hydrogens (tertiary/aromatic N) is 3. The van der Waals surface area contributed by atoms with Crippen LogP contribution in [0.1, 0.15) is 11.4 Å². The van der Waals surface area contributed by atoms with Crippen LogP contribution >= 0.6 is 11.6 Å². The molecule has 3 nitrogen and oxygen atoms in total. The van der Waals surface area contributed by atoms with Gasteiger partial charge in [-0.3, -0.25) is 4.98 Å². The van der Waals surface area contributed by atoms with Crippen LogP contribution in [0.15, 0.2) is 18.5 Å². The van der Waals surface area contributed by atoms with Gasteiger partial charge in [-0.2, -0.15) is 0 Å². The number of aromatic nitrogens is 3. The minimum absolute atomic E-state index is 0.260. The Labute approximate surface area is 97.3 Å². The molecule has 0 fully saturated rings. The van der Waals surface area contributed by atoms with Crippen molar-refractivity contribution in [1.82, 2.24) is 15.0 Å². The van der Waals surface area contributed by atoms with E-state index in [1.54, 1.807) is 0 Å². The summed E-state index contributed by atoms with van der Waals surface area (Å²) >= 11 is 5.96. The summed E-state index contributed by atoms with van der Waals surface area (Å²) < 4.78 is 13.0. The summed E-state index contributed by atoms with van der Waals surface area (Å²) in [5, 5.41) is 0.260. The number of hydrogen-bond acceptors (Lipinski definition) is 3. The van der Waals surface area contributed by atoms with E-state index < -0.39 is 5.82 Å². The highest BCUT2D eigenvalue weighted by atomic mass is 35.5. The van der Waals surface area contributed by atoms with Crippen molar-refractivity contribution in [2.24, 2.45) is 0 Å². The van der Waals surface area contributed by atoms with Crippen LogP contribution in [0.4, 0.5) is 4.39 Å². The van der Waals surface area contributed by atoms with E-state index in [2.05, 4.69) is 15.0 Å². The Bertz CT molecular complexity index is 543. The van der Waals surface area contributed by atoms with Gasteiger partial charge in [-0.25, -0.2) is 14.4 Å². The zero-order valence-corrected chi connectivity index (χ0v) is 9.59. The van der Waals surface area contributed by atoms with Gasteiger partial charge in [0.2, 0.25) is 0 Å². The first-order valence-corrected chi connectivity index (χ1v) is 5.07. The maximum Gasteiger partial charge on any atom is 0.155 e. The van der Waals surface area contributed by atoms with Crippen molar-refractivity contribution in [3.05, 3.63) is 40.8 Å². The smallest absolute Gasteiger partial charge is 0.155 e. The molecule has 2 rings (SSSR count). The van der Waals surface area contributed by atoms with Gasteiger partial charge in [0.15, 0.2) is 5.15 Å². The highest BCUT2D eigenvalue weighted by Gasteiger charge is 2.10. The van der Waals surface area contributed by atoms with E-state index in [1.165, 1.54) is 12.3 Å². The highest BCUT2D eigenvalue weighted by Crippen LogP contribution is 2.24. The first-order chi connectivity index (χ1) is 7.58. The van der Waals surface area contributed by atoms with E-state index in [0.29, 0.717) is 11.3 Å². The predicted octanol–water partition coefficient (Wildman–Crippen LogP) is 2.95. The normalized spacial score (nSPS) is 10.5. The van der Waals surface area contributed by atoms with E-state index >= 15 is 0 Å². The first kappa shape index (κ1) is 11.0. The molecule has 0 saturated heterocycles. The quantitative estimate of drug-likeness (QED) is 0.766. The first-order valence-electron chi connectivity index (χ1n) is 4.69. The number of pyridine rings is 1. The molecule has 16 heavy (non-hydrogen) atoms. The molecule has 0 bridgehead atoms. The summed E-state index contributed by atoms with van der Waals surface area (Å²) in [5.74, 6) is -0.423. The standard InChI is InChI=1S/C11H9ClFN3/c1-6-7(2)16-11(12)10(15-6)8-3-9(13)5-14-4-8/h3-5H,1-2H3. The van der Waals surface area contributed by atoms with Gasteiger partial charge in [0.05, 0.1) is 17.6 Å². The summed E-state index contributed by atoms with van der Waals surface area (Å²) in [7, 11) is 0. The maximum absolute atomic E-state index is 13.0. The second-order valence-electron chi connectivity index (χ2n) is 3.43. The van der Waals surface area contributed by atoms with Crippen molar-refractivity contribution >= 4 is 11.6 Å². The molecule has 0 spiro atoms. The fourth-order valence-corrected chi connectivity index (χ4v) is 1.58. The van der Waals surface area contributed by atoms with Crippen LogP contribution in [-0.2, 0) is 0 Å². The van der Waals surface area contributed by atoms with Crippen molar-refractivity contribution in [2.45, 2.75) is 13.8 Å². The number of halogens is 2. The summed E-state index contributed by atoms with van der Waals surface area (Å²) in [4.78, 5) is 12.2. The average molecular weight is 238 g/mol. The van der Waals surface area contributed by atoms with Crippen LogP contribution in [-0.4, -0.2) is 15.0 Å². The van der Waals surface area contributed by atoms with Crippen molar-refractivity contribution in [3.8, 4) is 11.3 Å². The molecule has 0 saturated carbocycles. The molecule has 0 unspecified atom stereocenters. The summed E-state index contributed by atoms with van der Waals surface area (Å²) in [6.45, 7) is 3.65. The summed E-state index contributed by atoms with van der Waals surface area (Å²) in [5.41, 5.74) is 2.51. The SMILES string of the molecule is Cc1nc(Cl)c(-c2cncc(F)c2)nc1C. The molecule has 2 heterocycles. The molecule has 0 amide bonds. The van der Waals surface area contributed by atoms with Gasteiger partial charge in [-0.15, -0.1) is 0 Å². The maximum atomic E-state index is 13.0. The Hall–Kier alpha value is -1.55. The number of rotatable bonds is 1. The van der Waals surface area contributed by atoms with Gasteiger partial charge in [0, 0.05) is 11.8 Å². The predicted molar refractivity (Wildman–Crippen MR) is 59.7 cm³/mol. The topological polar surface area (TPSA) is 38.7 Å². The molecule has 0 aliphatic rings. The molecule has 0 radical (unpaired) electrons. The molecule has 2 aromatic heterocycles. The van der Waals surface area contributed by atoms with Gasteiger partial charge in [-0.05, 0) is 19.9 Å². The lowest BCUT2D eigenvalue weighted by Gasteiger charge is -2.06. The second kappa shape index (κ2) is 4.14. The van der Waals surface area contributed by atoms with E-state index in [-0.39, 0.29) is 5.15 Å². The fraction of sp³-hybridized carbons (Fsp3) is 0.182. The van der Waals surface area contributed by atoms with Gasteiger partial charge in [-0.1, -0.05) is 11.6 Å². The second-order valence-corrected chi connectivity index (χ2v) is 3.78. The van der Waals surface area contributed by atoms with Crippen molar-refractivity contribution in [3.63, 3.8) is 0 Å². The van der Waals surface area contributed by atoms with Crippen molar-refractivity contribution in [2.75, 3.05) is 0 Å². The van der Waals surface area contributed by atoms with E-state index in [0.717, 1.165) is 17.6 Å². The average Bonchev–Trinajstić information content (AvgIpc) is 2.23. The lowest BCUT2D eigenvalue weighted by atomic mass is 10.2. The zero-order valence-electron chi connectivity index (χ0n) is 8.83. The molecule has 0 N–H and O–H groups in total. The Kier molecular flexibility index (Phi) is 2.83. The zero-order chi connectivity index (χ0) is 11.7. The van der Waals surface area contributed by atoms with E-state index in [4.69, 9.17) is 11.6 Å². The van der Waals surface area contributed by atoms with Crippen LogP contribution in [0.5, 0.6) is 0 Å². The molecule has 5 heteroatoms. The van der Waals surface area contributed by atoms with Crippen molar-refractivity contribution in [1.29, 1.82) is 0 Å². The van der Waals surface area contributed by atoms with Crippen LogP contribution < -0.4 is 0 Å². The van der Waals surface area contributed by atoms with E-state index in [1.807, 2.05) is 13.8 Å². The van der Waals surface area contributed by atoms with Crippen molar-refractivity contribution < 1.29 is 4.39 Å². The van der Waals surface area contributed by atoms with Gasteiger partial charge < -0.3 is 0 Å². The third-order valence-electron chi connectivity index (χ3n) is 2.24. The third-order valence-corrected chi connectivity index (χ3v) is 2.51. The molecular weight excluding hydrogens is 229 g/mol. The van der Waals surface area contributed by atoms with Crippen LogP contribution in [0, 0.1) is 19.7 Å². The summed E-state index contributed by atoms with van der Waals surface area (Å²) in [6, 6.07) is 1.33. The Morgan fingerprint density at radius 2 is 1.81 bits per heavy atom. The molecule has 82 valence electrons. The molecular formula is C11H9ClFN3. The molecule has 0 aliphatic carbocycles. The monoisotopic (exact) mass is 237 g/mol. The van der Waals surface area contributed by atoms with Gasteiger partial charge >= 0.3 is 0 Å². The summed E-state index contributed by atoms with van der Waals surface area (Å²) in [6.07, 6.45) is 2.64. The largest absolute Gasteiger partial charge is 0.261 e. The number of aryl methyl sites for hydroxylation is 2. The molecule has 0 atom stereocenters. The van der Waals surface area contributed by atoms with Gasteiger partial charge in [0.25, 0.3) is 0 Å². The third kappa shape index (κ3) is 2.02. The fourth-order valence-electron chi connectivity index (χ4n) is 1.30. The Morgan fingerprint density at radius 1 is 1.12 bits per heavy atom. The van der Waals surface area contributed by atoms with E-state index in [9.17, 15) is 4.39 Å². The van der Waals surface area contributed by atoms with Crippen LogP contribution in [0.3, 0.4) is 0 Å². The molecule has 0 aromatic carbocycles. The van der Waals surface area contributed by atoms with Crippen LogP contribution in [0.2, 0.25) is 5.15 Å². The lowest BCUT2D eigenvalue weighted by molar-refractivity contribution is 0.622. The molecule has 2 aromatic rings. The Morgan fingerprint density at radius 3 is 2.50 bits per heavy atom. The van der Waals surface area contributed by atoms with Gasteiger partial charge in [0.1, 0.15) is 11.5 Å². The Balaban J connectivity index is 2.60. The molecule has 0 aliphatic heterocycles. The van der Waals surface area contributed by atoms with Crippen LogP contribution in [0.25, 0.3) is 11.3 Å². The minimum atomic E-state index is -0.423. The number of hydrogen-bond donors (Lipinski definition) is 0. The highest BCUT2D eigenvalue weighted by molar-refractivity contribution is 6.31. The minimum Gasteiger partial charge on any atom is -0.261 e. The lowest BCUT2D eigenvalue weighted by Crippen LogP contribution is -1.97.